The second kappa shape index (κ2) is 6.56. The van der Waals surface area contributed by atoms with Gasteiger partial charge in [-0.25, -0.2) is 4.98 Å². The zero-order chi connectivity index (χ0) is 14.6. The predicted molar refractivity (Wildman–Crippen MR) is 71.1 cm³/mol. The fourth-order valence-electron chi connectivity index (χ4n) is 1.53. The van der Waals surface area contributed by atoms with Crippen LogP contribution in [0.4, 0.5) is 19.0 Å². The summed E-state index contributed by atoms with van der Waals surface area (Å²) in [5.74, 6) is -0.0575. The maximum absolute atomic E-state index is 12.9. The summed E-state index contributed by atoms with van der Waals surface area (Å²) >= 11 is 3.00. The van der Waals surface area contributed by atoms with Crippen LogP contribution in [0.15, 0.2) is 16.7 Å². The zero-order valence-corrected chi connectivity index (χ0v) is 12.5. The van der Waals surface area contributed by atoms with Crippen molar-refractivity contribution in [1.29, 1.82) is 0 Å². The second-order valence-electron chi connectivity index (χ2n) is 4.50. The molecular formula is C12H16BrF3N2O. The molecule has 0 bridgehead atoms. The molecule has 0 fully saturated rings. The summed E-state index contributed by atoms with van der Waals surface area (Å²) in [5.41, 5.74) is -0.788. The number of nitrogens with zero attached hydrogens (tertiary/aromatic N) is 1. The zero-order valence-electron chi connectivity index (χ0n) is 10.9. The molecule has 19 heavy (non-hydrogen) atoms. The van der Waals surface area contributed by atoms with Crippen molar-refractivity contribution >= 4 is 21.7 Å². The highest BCUT2D eigenvalue weighted by molar-refractivity contribution is 9.10. The first-order chi connectivity index (χ1) is 8.75. The minimum Gasteiger partial charge on any atom is -0.383 e. The molecule has 108 valence electrons. The standard InChI is InChI=1S/C12H16BrF3N2O/c1-7(2)10(6-19-3)18-11-9(12(14,15)16)4-8(13)5-17-11/h4-5,7,10H,6H2,1-3H3,(H,17,18). The fourth-order valence-corrected chi connectivity index (χ4v) is 1.86. The van der Waals surface area contributed by atoms with Crippen LogP contribution < -0.4 is 5.32 Å². The number of rotatable bonds is 5. The molecular weight excluding hydrogens is 325 g/mol. The van der Waals surface area contributed by atoms with Crippen LogP contribution in [-0.2, 0) is 10.9 Å². The third kappa shape index (κ3) is 4.65. The molecule has 0 saturated heterocycles. The number of ether oxygens (including phenoxy) is 1. The van der Waals surface area contributed by atoms with Gasteiger partial charge in [0, 0.05) is 17.8 Å². The average Bonchev–Trinajstić information content (AvgIpc) is 2.29. The third-order valence-electron chi connectivity index (χ3n) is 2.63. The van der Waals surface area contributed by atoms with Gasteiger partial charge in [0.1, 0.15) is 5.82 Å². The van der Waals surface area contributed by atoms with Crippen molar-refractivity contribution < 1.29 is 17.9 Å². The molecule has 0 spiro atoms. The number of nitrogens with one attached hydrogen (secondary N) is 1. The molecule has 0 aliphatic carbocycles. The first kappa shape index (κ1) is 16.2. The largest absolute Gasteiger partial charge is 0.419 e. The number of alkyl halides is 3. The molecule has 0 aliphatic rings. The lowest BCUT2D eigenvalue weighted by Gasteiger charge is -2.24. The quantitative estimate of drug-likeness (QED) is 0.881. The van der Waals surface area contributed by atoms with E-state index in [1.54, 1.807) is 0 Å². The Labute approximate surface area is 118 Å². The Morgan fingerprint density at radius 3 is 2.53 bits per heavy atom. The molecule has 0 radical (unpaired) electrons. The summed E-state index contributed by atoms with van der Waals surface area (Å²) < 4.78 is 44.1. The minimum absolute atomic E-state index is 0.117. The van der Waals surface area contributed by atoms with Crippen molar-refractivity contribution in [3.8, 4) is 0 Å². The maximum Gasteiger partial charge on any atom is 0.419 e. The molecule has 0 aromatic carbocycles. The van der Waals surface area contributed by atoms with Gasteiger partial charge in [-0.05, 0) is 27.9 Å². The third-order valence-corrected chi connectivity index (χ3v) is 3.07. The number of pyridine rings is 1. The number of anilines is 1. The van der Waals surface area contributed by atoms with Crippen LogP contribution in [0.3, 0.4) is 0 Å². The summed E-state index contributed by atoms with van der Waals surface area (Å²) in [4.78, 5) is 3.82. The van der Waals surface area contributed by atoms with Gasteiger partial charge in [0.05, 0.1) is 18.2 Å². The van der Waals surface area contributed by atoms with E-state index in [2.05, 4.69) is 26.2 Å². The van der Waals surface area contributed by atoms with Crippen LogP contribution in [0, 0.1) is 5.92 Å². The Hall–Kier alpha value is -0.820. The normalized spacial score (nSPS) is 13.7. The van der Waals surface area contributed by atoms with Gasteiger partial charge >= 0.3 is 6.18 Å². The summed E-state index contributed by atoms with van der Waals surface area (Å²) in [7, 11) is 1.51. The molecule has 1 N–H and O–H groups in total. The Morgan fingerprint density at radius 2 is 2.05 bits per heavy atom. The molecule has 1 aromatic rings. The van der Waals surface area contributed by atoms with Crippen molar-refractivity contribution in [3.05, 3.63) is 22.3 Å². The van der Waals surface area contributed by atoms with Crippen molar-refractivity contribution in [2.45, 2.75) is 26.1 Å². The van der Waals surface area contributed by atoms with E-state index in [0.717, 1.165) is 6.07 Å². The van der Waals surface area contributed by atoms with E-state index >= 15 is 0 Å². The van der Waals surface area contributed by atoms with Gasteiger partial charge in [0.25, 0.3) is 0 Å². The molecule has 7 heteroatoms. The molecule has 3 nitrogen and oxygen atoms in total. The fraction of sp³-hybridized carbons (Fsp3) is 0.583. The van der Waals surface area contributed by atoms with E-state index in [9.17, 15) is 13.2 Å². The Bertz CT molecular complexity index is 424. The number of halogens is 4. The van der Waals surface area contributed by atoms with Crippen LogP contribution in [0.25, 0.3) is 0 Å². The lowest BCUT2D eigenvalue weighted by molar-refractivity contribution is -0.137. The van der Waals surface area contributed by atoms with E-state index in [0.29, 0.717) is 11.1 Å². The van der Waals surface area contributed by atoms with Crippen LogP contribution in [0.1, 0.15) is 19.4 Å². The van der Waals surface area contributed by atoms with Crippen LogP contribution in [0.2, 0.25) is 0 Å². The van der Waals surface area contributed by atoms with Gasteiger partial charge in [0.15, 0.2) is 0 Å². The molecule has 0 amide bonds. The first-order valence-electron chi connectivity index (χ1n) is 5.74. The van der Waals surface area contributed by atoms with E-state index in [1.165, 1.54) is 13.3 Å². The van der Waals surface area contributed by atoms with Gasteiger partial charge < -0.3 is 10.1 Å². The molecule has 1 unspecified atom stereocenters. The first-order valence-corrected chi connectivity index (χ1v) is 6.53. The Kier molecular flexibility index (Phi) is 5.61. The summed E-state index contributed by atoms with van der Waals surface area (Å²) in [6, 6.07) is 0.777. The van der Waals surface area contributed by atoms with Crippen LogP contribution >= 0.6 is 15.9 Å². The molecule has 1 rings (SSSR count). The van der Waals surface area contributed by atoms with Crippen molar-refractivity contribution in [1.82, 2.24) is 4.98 Å². The highest BCUT2D eigenvalue weighted by Crippen LogP contribution is 2.35. The highest BCUT2D eigenvalue weighted by Gasteiger charge is 2.35. The minimum atomic E-state index is -4.45. The molecule has 1 aromatic heterocycles. The smallest absolute Gasteiger partial charge is 0.383 e. The molecule has 1 atom stereocenters. The van der Waals surface area contributed by atoms with Crippen molar-refractivity contribution in [2.75, 3.05) is 19.0 Å². The SMILES string of the molecule is COCC(Nc1ncc(Br)cc1C(F)(F)F)C(C)C. The van der Waals surface area contributed by atoms with E-state index < -0.39 is 11.7 Å². The van der Waals surface area contributed by atoms with Gasteiger partial charge in [0.2, 0.25) is 0 Å². The summed E-state index contributed by atoms with van der Waals surface area (Å²) in [6.45, 7) is 4.12. The highest BCUT2D eigenvalue weighted by atomic mass is 79.9. The molecule has 1 heterocycles. The summed E-state index contributed by atoms with van der Waals surface area (Å²) in [6.07, 6.45) is -3.12. The molecule has 0 saturated carbocycles. The van der Waals surface area contributed by atoms with Crippen molar-refractivity contribution in [3.63, 3.8) is 0 Å². The Morgan fingerprint density at radius 1 is 1.42 bits per heavy atom. The lowest BCUT2D eigenvalue weighted by Crippen LogP contribution is -2.32. The topological polar surface area (TPSA) is 34.1 Å². The summed E-state index contributed by atoms with van der Waals surface area (Å²) in [5, 5.41) is 2.80. The van der Waals surface area contributed by atoms with Crippen LogP contribution in [-0.4, -0.2) is 24.7 Å². The maximum atomic E-state index is 12.9. The predicted octanol–water partition coefficient (Wildman–Crippen LogP) is 3.95. The Balaban J connectivity index is 3.06. The number of methoxy groups -OCH3 is 1. The average molecular weight is 341 g/mol. The molecule has 0 aliphatic heterocycles. The van der Waals surface area contributed by atoms with Gasteiger partial charge in [-0.1, -0.05) is 13.8 Å². The van der Waals surface area contributed by atoms with E-state index in [-0.39, 0.29) is 17.8 Å². The number of aromatic nitrogens is 1. The van der Waals surface area contributed by atoms with Gasteiger partial charge in [-0.3, -0.25) is 0 Å². The van der Waals surface area contributed by atoms with Crippen LogP contribution in [0.5, 0.6) is 0 Å². The van der Waals surface area contributed by atoms with Gasteiger partial charge in [-0.2, -0.15) is 13.2 Å². The monoisotopic (exact) mass is 340 g/mol. The number of hydrogen-bond donors (Lipinski definition) is 1. The number of hydrogen-bond acceptors (Lipinski definition) is 3. The van der Waals surface area contributed by atoms with E-state index in [1.807, 2.05) is 13.8 Å². The van der Waals surface area contributed by atoms with Gasteiger partial charge in [-0.15, -0.1) is 0 Å². The lowest BCUT2D eigenvalue weighted by atomic mass is 10.1. The second-order valence-corrected chi connectivity index (χ2v) is 5.41. The van der Waals surface area contributed by atoms with E-state index in [4.69, 9.17) is 4.74 Å². The van der Waals surface area contributed by atoms with Crippen molar-refractivity contribution in [2.24, 2.45) is 5.92 Å².